The zero-order chi connectivity index (χ0) is 20.9. The molecule has 0 atom stereocenters. The number of hydrogen-bond donors (Lipinski definition) is 2. The molecule has 3 rings (SSSR count). The molecule has 0 spiro atoms. The highest BCUT2D eigenvalue weighted by molar-refractivity contribution is 7.10. The van der Waals surface area contributed by atoms with Gasteiger partial charge in [0.25, 0.3) is 0 Å². The van der Waals surface area contributed by atoms with E-state index in [2.05, 4.69) is 15.4 Å². The van der Waals surface area contributed by atoms with Gasteiger partial charge in [0.05, 0.1) is 0 Å². The lowest BCUT2D eigenvalue weighted by atomic mass is 10.1. The molecule has 2 N–H and O–H groups in total. The van der Waals surface area contributed by atoms with Gasteiger partial charge in [-0.15, -0.1) is 24.5 Å². The number of alkyl halides is 3. The molecule has 3 amide bonds. The second-order valence-corrected chi connectivity index (χ2v) is 7.45. The Balaban J connectivity index is 1.40. The number of thiophene rings is 1. The minimum absolute atomic E-state index is 0.0499. The topological polar surface area (TPSA) is 70.7 Å². The van der Waals surface area contributed by atoms with Gasteiger partial charge in [0.2, 0.25) is 5.91 Å². The number of nitrogens with zero attached hydrogens (tertiary/aromatic N) is 1. The Kier molecular flexibility index (Phi) is 6.63. The molecule has 0 fully saturated rings. The molecular formula is C19H20F3N3O3S. The van der Waals surface area contributed by atoms with Crippen LogP contribution in [0.1, 0.15) is 22.4 Å². The van der Waals surface area contributed by atoms with Crippen molar-refractivity contribution < 1.29 is 27.5 Å². The van der Waals surface area contributed by atoms with E-state index in [9.17, 15) is 22.8 Å². The molecule has 0 unspecified atom stereocenters. The van der Waals surface area contributed by atoms with E-state index < -0.39 is 12.4 Å². The number of benzene rings is 1. The third kappa shape index (κ3) is 6.11. The van der Waals surface area contributed by atoms with Crippen LogP contribution in [0, 0.1) is 0 Å². The second kappa shape index (κ2) is 9.17. The second-order valence-electron chi connectivity index (χ2n) is 6.45. The fourth-order valence-electron chi connectivity index (χ4n) is 3.01. The number of rotatable bonds is 6. The smallest absolute Gasteiger partial charge is 0.405 e. The molecule has 1 aliphatic rings. The summed E-state index contributed by atoms with van der Waals surface area (Å²) < 4.78 is 41.2. The number of carbonyl (C=O) groups excluding carboxylic acids is 2. The molecule has 0 saturated carbocycles. The van der Waals surface area contributed by atoms with Gasteiger partial charge < -0.3 is 20.3 Å². The number of hydrogen-bond acceptors (Lipinski definition) is 4. The summed E-state index contributed by atoms with van der Waals surface area (Å²) in [4.78, 5) is 27.3. The summed E-state index contributed by atoms with van der Waals surface area (Å²) in [5.41, 5.74) is 1.36. The number of amides is 3. The number of ether oxygens (including phenoxy) is 1. The molecular weight excluding hydrogens is 407 g/mol. The first kappa shape index (κ1) is 21.0. The lowest BCUT2D eigenvalue weighted by molar-refractivity contribution is -0.274. The van der Waals surface area contributed by atoms with Crippen LogP contribution in [0.15, 0.2) is 35.7 Å². The summed E-state index contributed by atoms with van der Waals surface area (Å²) in [6.07, 6.45) is -3.82. The minimum atomic E-state index is -4.81. The molecule has 0 radical (unpaired) electrons. The number of halogens is 3. The maximum atomic E-state index is 12.4. The fraction of sp³-hybridized carbons (Fsp3) is 0.368. The van der Waals surface area contributed by atoms with E-state index in [4.69, 9.17) is 0 Å². The Labute approximate surface area is 169 Å². The van der Waals surface area contributed by atoms with Crippen molar-refractivity contribution in [2.24, 2.45) is 0 Å². The molecule has 0 aliphatic carbocycles. The van der Waals surface area contributed by atoms with E-state index in [-0.39, 0.29) is 36.7 Å². The highest BCUT2D eigenvalue weighted by Crippen LogP contribution is 2.26. The van der Waals surface area contributed by atoms with Crippen LogP contribution in [0.2, 0.25) is 0 Å². The zero-order valence-electron chi connectivity index (χ0n) is 15.4. The first-order chi connectivity index (χ1) is 13.8. The summed E-state index contributed by atoms with van der Waals surface area (Å²) in [6, 6.07) is 7.02. The molecule has 1 aromatic carbocycles. The Morgan fingerprint density at radius 1 is 1.17 bits per heavy atom. The third-order valence-electron chi connectivity index (χ3n) is 4.42. The highest BCUT2D eigenvalue weighted by Gasteiger charge is 2.32. The van der Waals surface area contributed by atoms with Crippen LogP contribution < -0.4 is 15.4 Å². The van der Waals surface area contributed by atoms with Crippen molar-refractivity contribution >= 4 is 23.3 Å². The van der Waals surface area contributed by atoms with Crippen molar-refractivity contribution in [1.29, 1.82) is 0 Å². The number of nitrogens with one attached hydrogen (secondary N) is 2. The Morgan fingerprint density at radius 3 is 2.76 bits per heavy atom. The van der Waals surface area contributed by atoms with E-state index in [1.807, 2.05) is 11.4 Å². The molecule has 156 valence electrons. The average molecular weight is 427 g/mol. The summed E-state index contributed by atoms with van der Waals surface area (Å²) in [7, 11) is 0. The number of urea groups is 1. The summed E-state index contributed by atoms with van der Waals surface area (Å²) in [5.74, 6) is -0.417. The van der Waals surface area contributed by atoms with Gasteiger partial charge >= 0.3 is 12.4 Å². The Morgan fingerprint density at radius 2 is 1.97 bits per heavy atom. The summed E-state index contributed by atoms with van der Waals surface area (Å²) in [5, 5.41) is 7.03. The predicted molar refractivity (Wildman–Crippen MR) is 101 cm³/mol. The van der Waals surface area contributed by atoms with Crippen LogP contribution in [0.25, 0.3) is 0 Å². The van der Waals surface area contributed by atoms with E-state index in [1.54, 1.807) is 22.3 Å². The van der Waals surface area contributed by atoms with Crippen LogP contribution in [0.4, 0.5) is 18.0 Å². The molecule has 1 aromatic heterocycles. The number of carbonyl (C=O) groups is 2. The van der Waals surface area contributed by atoms with Gasteiger partial charge in [-0.25, -0.2) is 4.79 Å². The number of para-hydroxylation sites is 1. The molecule has 1 aliphatic heterocycles. The van der Waals surface area contributed by atoms with Crippen molar-refractivity contribution in [2.45, 2.75) is 32.3 Å². The van der Waals surface area contributed by atoms with Gasteiger partial charge in [0.1, 0.15) is 5.75 Å². The standard InChI is InChI=1S/C19H20F3N3O3S/c20-19(21,22)28-15-4-2-1-3-13(15)11-24-18(27)23-8-5-17(26)25-9-6-16-14(12-25)7-10-29-16/h1-4,7,10H,5-6,8-9,11-12H2,(H2,23,24,27). The third-order valence-corrected chi connectivity index (χ3v) is 5.45. The van der Waals surface area contributed by atoms with Crippen molar-refractivity contribution in [1.82, 2.24) is 15.5 Å². The van der Waals surface area contributed by atoms with Crippen LogP contribution in [0.3, 0.4) is 0 Å². The van der Waals surface area contributed by atoms with E-state index in [0.29, 0.717) is 13.1 Å². The SMILES string of the molecule is O=C(NCCC(=O)N1CCc2sccc2C1)NCc1ccccc1OC(F)(F)F. The van der Waals surface area contributed by atoms with Crippen molar-refractivity contribution in [2.75, 3.05) is 13.1 Å². The van der Waals surface area contributed by atoms with E-state index >= 15 is 0 Å². The van der Waals surface area contributed by atoms with Crippen LogP contribution in [0.5, 0.6) is 5.75 Å². The highest BCUT2D eigenvalue weighted by atomic mass is 32.1. The van der Waals surface area contributed by atoms with Crippen molar-refractivity contribution in [3.63, 3.8) is 0 Å². The van der Waals surface area contributed by atoms with Gasteiger partial charge in [0.15, 0.2) is 0 Å². The molecule has 29 heavy (non-hydrogen) atoms. The fourth-order valence-corrected chi connectivity index (χ4v) is 3.90. The quantitative estimate of drug-likeness (QED) is 0.742. The Bertz CT molecular complexity index is 870. The number of fused-ring (bicyclic) bond motifs is 1. The maximum Gasteiger partial charge on any atom is 0.573 e. The lowest BCUT2D eigenvalue weighted by Gasteiger charge is -2.27. The van der Waals surface area contributed by atoms with Crippen LogP contribution in [-0.2, 0) is 24.3 Å². The first-order valence-electron chi connectivity index (χ1n) is 9.00. The molecule has 0 saturated heterocycles. The average Bonchev–Trinajstić information content (AvgIpc) is 3.14. The minimum Gasteiger partial charge on any atom is -0.405 e. The van der Waals surface area contributed by atoms with Crippen LogP contribution >= 0.6 is 11.3 Å². The largest absolute Gasteiger partial charge is 0.573 e. The molecule has 2 aromatic rings. The molecule has 6 nitrogen and oxygen atoms in total. The van der Waals surface area contributed by atoms with Gasteiger partial charge in [0, 0.05) is 43.0 Å². The monoisotopic (exact) mass is 427 g/mol. The zero-order valence-corrected chi connectivity index (χ0v) is 16.2. The first-order valence-corrected chi connectivity index (χ1v) is 9.88. The van der Waals surface area contributed by atoms with E-state index in [1.165, 1.54) is 28.6 Å². The van der Waals surface area contributed by atoms with Gasteiger partial charge in [-0.05, 0) is 29.5 Å². The summed E-state index contributed by atoms with van der Waals surface area (Å²) in [6.45, 7) is 1.24. The predicted octanol–water partition coefficient (Wildman–Crippen LogP) is 3.42. The van der Waals surface area contributed by atoms with E-state index in [0.717, 1.165) is 6.42 Å². The molecule has 0 bridgehead atoms. The summed E-state index contributed by atoms with van der Waals surface area (Å²) >= 11 is 1.69. The Hall–Kier alpha value is -2.75. The van der Waals surface area contributed by atoms with Crippen molar-refractivity contribution in [3.8, 4) is 5.75 Å². The van der Waals surface area contributed by atoms with Gasteiger partial charge in [-0.1, -0.05) is 18.2 Å². The van der Waals surface area contributed by atoms with Gasteiger partial charge in [-0.3, -0.25) is 4.79 Å². The maximum absolute atomic E-state index is 12.4. The van der Waals surface area contributed by atoms with Crippen molar-refractivity contribution in [3.05, 3.63) is 51.7 Å². The van der Waals surface area contributed by atoms with Crippen LogP contribution in [-0.4, -0.2) is 36.3 Å². The normalized spacial score (nSPS) is 13.6. The lowest BCUT2D eigenvalue weighted by Crippen LogP contribution is -2.40. The molecule has 2 heterocycles. The molecule has 10 heteroatoms. The van der Waals surface area contributed by atoms with Gasteiger partial charge in [-0.2, -0.15) is 0 Å².